The zero-order valence-corrected chi connectivity index (χ0v) is 12.5. The number of nitrogens with two attached hydrogens (primary N) is 1. The van der Waals surface area contributed by atoms with E-state index in [1.165, 1.54) is 19.3 Å². The Balaban J connectivity index is 2.27. The normalized spacial score (nSPS) is 22.7. The largest absolute Gasteiger partial charge is 0.353 e. The van der Waals surface area contributed by atoms with Crippen molar-refractivity contribution in [3.8, 4) is 0 Å². The summed E-state index contributed by atoms with van der Waals surface area (Å²) in [7, 11) is 0. The van der Waals surface area contributed by atoms with Crippen LogP contribution in [0.1, 0.15) is 32.6 Å². The number of likely N-dealkylation sites (N-methyl/N-ethyl adjacent to an activating group) is 1. The van der Waals surface area contributed by atoms with Gasteiger partial charge in [0.15, 0.2) is 0 Å². The number of rotatable bonds is 7. The lowest BCUT2D eigenvalue weighted by atomic mass is 10.0. The molecule has 4 nitrogen and oxygen atoms in total. The predicted molar refractivity (Wildman–Crippen MR) is 78.9 cm³/mol. The monoisotopic (exact) mass is 273 g/mol. The van der Waals surface area contributed by atoms with Crippen LogP contribution in [0.4, 0.5) is 0 Å². The Labute approximate surface area is 115 Å². The van der Waals surface area contributed by atoms with Crippen LogP contribution >= 0.6 is 11.8 Å². The van der Waals surface area contributed by atoms with Gasteiger partial charge in [0.2, 0.25) is 5.91 Å². The van der Waals surface area contributed by atoms with Gasteiger partial charge in [0.25, 0.3) is 0 Å². The standard InChI is InChI=1S/C13H27N3OS/c1-3-16-8-5-4-6-11(16)10-15-13(17)12(14)7-9-18-2/h11-12H,3-10,14H2,1-2H3,(H,15,17)/t11?,12-/m0/s1. The van der Waals surface area contributed by atoms with E-state index in [4.69, 9.17) is 5.73 Å². The van der Waals surface area contributed by atoms with E-state index in [0.29, 0.717) is 6.04 Å². The SMILES string of the molecule is CCN1CCCCC1CNC(=O)[C@@H](N)CCSC. The number of hydrogen-bond donors (Lipinski definition) is 2. The van der Waals surface area contributed by atoms with Crippen molar-refractivity contribution >= 4 is 17.7 Å². The molecule has 1 fully saturated rings. The number of amides is 1. The second-order valence-corrected chi connectivity index (χ2v) is 5.90. The predicted octanol–water partition coefficient (Wildman–Crippen LogP) is 1.06. The van der Waals surface area contributed by atoms with Gasteiger partial charge in [-0.3, -0.25) is 9.69 Å². The van der Waals surface area contributed by atoms with Gasteiger partial charge in [-0.1, -0.05) is 13.3 Å². The van der Waals surface area contributed by atoms with Crippen molar-refractivity contribution < 1.29 is 4.79 Å². The van der Waals surface area contributed by atoms with Gasteiger partial charge in [-0.05, 0) is 44.4 Å². The number of carbonyl (C=O) groups is 1. The third-order valence-corrected chi connectivity index (χ3v) is 4.28. The highest BCUT2D eigenvalue weighted by molar-refractivity contribution is 7.98. The van der Waals surface area contributed by atoms with Gasteiger partial charge in [0, 0.05) is 12.6 Å². The maximum Gasteiger partial charge on any atom is 0.237 e. The summed E-state index contributed by atoms with van der Waals surface area (Å²) >= 11 is 1.73. The summed E-state index contributed by atoms with van der Waals surface area (Å²) in [5.41, 5.74) is 5.85. The van der Waals surface area contributed by atoms with Crippen LogP contribution in [-0.4, -0.2) is 54.5 Å². The summed E-state index contributed by atoms with van der Waals surface area (Å²) in [5, 5.41) is 3.01. The molecule has 1 aliphatic heterocycles. The van der Waals surface area contributed by atoms with Crippen LogP contribution in [0.5, 0.6) is 0 Å². The van der Waals surface area contributed by atoms with Crippen molar-refractivity contribution in [3.63, 3.8) is 0 Å². The molecule has 1 aliphatic rings. The molecule has 3 N–H and O–H groups in total. The van der Waals surface area contributed by atoms with Gasteiger partial charge in [-0.15, -0.1) is 0 Å². The summed E-state index contributed by atoms with van der Waals surface area (Å²) in [6, 6.07) is 0.150. The van der Waals surface area contributed by atoms with Crippen molar-refractivity contribution in [2.75, 3.05) is 31.6 Å². The number of hydrogen-bond acceptors (Lipinski definition) is 4. The van der Waals surface area contributed by atoms with E-state index in [-0.39, 0.29) is 11.9 Å². The molecule has 0 radical (unpaired) electrons. The minimum Gasteiger partial charge on any atom is -0.353 e. The Morgan fingerprint density at radius 3 is 3.00 bits per heavy atom. The quantitative estimate of drug-likeness (QED) is 0.728. The zero-order chi connectivity index (χ0) is 13.4. The van der Waals surface area contributed by atoms with E-state index >= 15 is 0 Å². The molecule has 1 rings (SSSR count). The summed E-state index contributed by atoms with van der Waals surface area (Å²) < 4.78 is 0. The number of carbonyl (C=O) groups excluding carboxylic acids is 1. The van der Waals surface area contributed by atoms with E-state index in [9.17, 15) is 4.79 Å². The second kappa shape index (κ2) is 8.77. The molecule has 18 heavy (non-hydrogen) atoms. The van der Waals surface area contributed by atoms with Crippen LogP contribution in [0.15, 0.2) is 0 Å². The molecule has 0 saturated carbocycles. The number of likely N-dealkylation sites (tertiary alicyclic amines) is 1. The molecule has 106 valence electrons. The third kappa shape index (κ3) is 5.16. The highest BCUT2D eigenvalue weighted by atomic mass is 32.2. The minimum atomic E-state index is -0.351. The Hall–Kier alpha value is -0.260. The summed E-state index contributed by atoms with van der Waals surface area (Å²) in [4.78, 5) is 14.3. The van der Waals surface area contributed by atoms with Crippen LogP contribution in [0, 0.1) is 0 Å². The molecule has 0 aromatic rings. The van der Waals surface area contributed by atoms with Gasteiger partial charge >= 0.3 is 0 Å². The molecular formula is C13H27N3OS. The van der Waals surface area contributed by atoms with Crippen LogP contribution in [-0.2, 0) is 4.79 Å². The molecule has 1 amide bonds. The van der Waals surface area contributed by atoms with Crippen LogP contribution in [0.2, 0.25) is 0 Å². The summed E-state index contributed by atoms with van der Waals surface area (Å²) in [5.74, 6) is 0.949. The van der Waals surface area contributed by atoms with Gasteiger partial charge in [-0.2, -0.15) is 11.8 Å². The molecule has 0 bridgehead atoms. The van der Waals surface area contributed by atoms with E-state index < -0.39 is 0 Å². The van der Waals surface area contributed by atoms with Crippen LogP contribution in [0.25, 0.3) is 0 Å². The molecule has 0 aromatic heterocycles. The fraction of sp³-hybridized carbons (Fsp3) is 0.923. The third-order valence-electron chi connectivity index (χ3n) is 3.64. The number of nitrogens with zero attached hydrogens (tertiary/aromatic N) is 1. The first kappa shape index (κ1) is 15.8. The molecule has 1 saturated heterocycles. The topological polar surface area (TPSA) is 58.4 Å². The van der Waals surface area contributed by atoms with Gasteiger partial charge in [0.05, 0.1) is 6.04 Å². The number of nitrogens with one attached hydrogen (secondary N) is 1. The Morgan fingerprint density at radius 2 is 2.33 bits per heavy atom. The molecule has 0 aromatic carbocycles. The first-order valence-electron chi connectivity index (χ1n) is 6.95. The smallest absolute Gasteiger partial charge is 0.237 e. The fourth-order valence-electron chi connectivity index (χ4n) is 2.43. The number of piperidine rings is 1. The lowest BCUT2D eigenvalue weighted by Crippen LogP contribution is -2.49. The van der Waals surface area contributed by atoms with Gasteiger partial charge in [-0.25, -0.2) is 0 Å². The number of thioether (sulfide) groups is 1. The highest BCUT2D eigenvalue weighted by Crippen LogP contribution is 2.15. The van der Waals surface area contributed by atoms with E-state index in [1.54, 1.807) is 11.8 Å². The molecule has 0 aliphatic carbocycles. The van der Waals surface area contributed by atoms with E-state index in [2.05, 4.69) is 17.1 Å². The second-order valence-electron chi connectivity index (χ2n) is 4.91. The van der Waals surface area contributed by atoms with Crippen molar-refractivity contribution in [2.45, 2.75) is 44.7 Å². The molecule has 5 heteroatoms. The van der Waals surface area contributed by atoms with Crippen molar-refractivity contribution in [3.05, 3.63) is 0 Å². The molecule has 1 heterocycles. The summed E-state index contributed by atoms with van der Waals surface area (Å²) in [6.07, 6.45) is 6.54. The molecule has 2 atom stereocenters. The fourth-order valence-corrected chi connectivity index (χ4v) is 2.92. The van der Waals surface area contributed by atoms with E-state index in [0.717, 1.165) is 31.8 Å². The Kier molecular flexibility index (Phi) is 7.70. The highest BCUT2D eigenvalue weighted by Gasteiger charge is 2.22. The maximum atomic E-state index is 11.8. The first-order valence-corrected chi connectivity index (χ1v) is 8.34. The Bertz CT molecular complexity index is 250. The zero-order valence-electron chi connectivity index (χ0n) is 11.7. The average Bonchev–Trinajstić information content (AvgIpc) is 2.42. The van der Waals surface area contributed by atoms with Gasteiger partial charge < -0.3 is 11.1 Å². The lowest BCUT2D eigenvalue weighted by molar-refractivity contribution is -0.122. The van der Waals surface area contributed by atoms with Crippen molar-refractivity contribution in [1.29, 1.82) is 0 Å². The van der Waals surface area contributed by atoms with Crippen molar-refractivity contribution in [2.24, 2.45) is 5.73 Å². The maximum absolute atomic E-state index is 11.8. The minimum absolute atomic E-state index is 0.00526. The van der Waals surface area contributed by atoms with E-state index in [1.807, 2.05) is 6.26 Å². The lowest BCUT2D eigenvalue weighted by Gasteiger charge is -2.35. The van der Waals surface area contributed by atoms with Crippen LogP contribution in [0.3, 0.4) is 0 Å². The summed E-state index contributed by atoms with van der Waals surface area (Å²) in [6.45, 7) is 5.17. The molecule has 0 spiro atoms. The Morgan fingerprint density at radius 1 is 1.56 bits per heavy atom. The van der Waals surface area contributed by atoms with Crippen molar-refractivity contribution in [1.82, 2.24) is 10.2 Å². The first-order chi connectivity index (χ1) is 8.69. The molecular weight excluding hydrogens is 246 g/mol. The van der Waals surface area contributed by atoms with Crippen LogP contribution < -0.4 is 11.1 Å². The molecule has 1 unspecified atom stereocenters. The average molecular weight is 273 g/mol. The van der Waals surface area contributed by atoms with Gasteiger partial charge in [0.1, 0.15) is 0 Å².